The zero-order valence-electron chi connectivity index (χ0n) is 9.84. The number of ether oxygens (including phenoxy) is 1. The molecule has 0 radical (unpaired) electrons. The highest BCUT2D eigenvalue weighted by molar-refractivity contribution is 7.28. The lowest BCUT2D eigenvalue weighted by atomic mass is 10.2. The summed E-state index contributed by atoms with van der Waals surface area (Å²) in [7, 11) is 3.31. The van der Waals surface area contributed by atoms with Gasteiger partial charge in [0.05, 0.1) is 17.5 Å². The van der Waals surface area contributed by atoms with Gasteiger partial charge in [0.15, 0.2) is 0 Å². The van der Waals surface area contributed by atoms with Gasteiger partial charge in [-0.25, -0.2) is 4.79 Å². The number of aromatic nitrogens is 2. The van der Waals surface area contributed by atoms with E-state index in [4.69, 9.17) is 4.74 Å². The smallest absolute Gasteiger partial charge is 0.348 e. The van der Waals surface area contributed by atoms with Gasteiger partial charge in [-0.15, -0.1) is 22.7 Å². The van der Waals surface area contributed by atoms with E-state index in [1.54, 1.807) is 17.5 Å². The van der Waals surface area contributed by atoms with E-state index < -0.39 is 0 Å². The van der Waals surface area contributed by atoms with Crippen LogP contribution in [-0.4, -0.2) is 22.9 Å². The van der Waals surface area contributed by atoms with Crippen molar-refractivity contribution in [3.05, 3.63) is 28.6 Å². The van der Waals surface area contributed by atoms with Crippen LogP contribution in [0.3, 0.4) is 0 Å². The van der Waals surface area contributed by atoms with E-state index in [0.717, 1.165) is 20.7 Å². The second kappa shape index (κ2) is 4.22. The molecule has 0 bridgehead atoms. The van der Waals surface area contributed by atoms with Crippen LogP contribution in [-0.2, 0) is 11.8 Å². The van der Waals surface area contributed by atoms with Gasteiger partial charge >= 0.3 is 5.97 Å². The third-order valence-corrected chi connectivity index (χ3v) is 4.94. The molecule has 0 atom stereocenters. The summed E-state index contributed by atoms with van der Waals surface area (Å²) in [6, 6.07) is 3.86. The number of thiophene rings is 2. The monoisotopic (exact) mass is 278 g/mol. The van der Waals surface area contributed by atoms with Crippen molar-refractivity contribution in [2.24, 2.45) is 7.05 Å². The summed E-state index contributed by atoms with van der Waals surface area (Å²) < 4.78 is 8.80. The summed E-state index contributed by atoms with van der Waals surface area (Å²) in [5.41, 5.74) is 2.18. The van der Waals surface area contributed by atoms with Gasteiger partial charge in [-0.3, -0.25) is 4.68 Å². The maximum atomic E-state index is 11.5. The third-order valence-electron chi connectivity index (χ3n) is 2.73. The fourth-order valence-corrected chi connectivity index (χ4v) is 4.14. The van der Waals surface area contributed by atoms with E-state index in [1.807, 2.05) is 23.9 Å². The number of methoxy groups -OCH3 is 1. The molecule has 0 saturated heterocycles. The Labute approximate surface area is 111 Å². The van der Waals surface area contributed by atoms with E-state index in [1.165, 1.54) is 18.4 Å². The molecule has 0 aromatic carbocycles. The molecule has 0 amide bonds. The van der Waals surface area contributed by atoms with E-state index in [2.05, 4.69) is 10.5 Å². The Morgan fingerprint density at radius 1 is 1.50 bits per heavy atom. The van der Waals surface area contributed by atoms with Crippen LogP contribution >= 0.6 is 22.7 Å². The summed E-state index contributed by atoms with van der Waals surface area (Å²) in [5.74, 6) is -0.278. The normalized spacial score (nSPS) is 11.0. The highest BCUT2D eigenvalue weighted by Crippen LogP contribution is 2.39. The van der Waals surface area contributed by atoms with Crippen LogP contribution < -0.4 is 0 Å². The molecule has 0 saturated carbocycles. The van der Waals surface area contributed by atoms with Crippen LogP contribution in [0.15, 0.2) is 23.7 Å². The zero-order valence-corrected chi connectivity index (χ0v) is 11.5. The number of carbonyl (C=O) groups excluding carboxylic acids is 1. The molecule has 0 aliphatic carbocycles. The van der Waals surface area contributed by atoms with Crippen molar-refractivity contribution in [3.63, 3.8) is 0 Å². The Kier molecular flexibility index (Phi) is 2.68. The fraction of sp³-hybridized carbons (Fsp3) is 0.167. The predicted molar refractivity (Wildman–Crippen MR) is 73.2 cm³/mol. The van der Waals surface area contributed by atoms with Crippen LogP contribution in [0.1, 0.15) is 9.67 Å². The molecule has 18 heavy (non-hydrogen) atoms. The van der Waals surface area contributed by atoms with Crippen molar-refractivity contribution in [1.82, 2.24) is 9.78 Å². The van der Waals surface area contributed by atoms with Crippen LogP contribution in [0, 0.1) is 0 Å². The van der Waals surface area contributed by atoms with Gasteiger partial charge in [0.25, 0.3) is 0 Å². The molecule has 0 aliphatic heterocycles. The number of hydrogen-bond donors (Lipinski definition) is 0. The van der Waals surface area contributed by atoms with E-state index in [0.29, 0.717) is 4.88 Å². The Morgan fingerprint density at radius 3 is 3.00 bits per heavy atom. The quantitative estimate of drug-likeness (QED) is 0.676. The SMILES string of the molecule is COC(=O)c1cc2scc(-c3ccnn3C)c2s1. The summed E-state index contributed by atoms with van der Waals surface area (Å²) in [6.07, 6.45) is 1.77. The van der Waals surface area contributed by atoms with Crippen molar-refractivity contribution < 1.29 is 9.53 Å². The number of esters is 1. The average Bonchev–Trinajstić information content (AvgIpc) is 3.02. The number of rotatable bonds is 2. The number of nitrogens with zero attached hydrogens (tertiary/aromatic N) is 2. The molecule has 0 aliphatic rings. The second-order valence-electron chi connectivity index (χ2n) is 3.79. The minimum atomic E-state index is -0.278. The predicted octanol–water partition coefficient (Wildman–Crippen LogP) is 3.15. The van der Waals surface area contributed by atoms with Crippen LogP contribution in [0.5, 0.6) is 0 Å². The summed E-state index contributed by atoms with van der Waals surface area (Å²) in [6.45, 7) is 0. The number of fused-ring (bicyclic) bond motifs is 1. The first kappa shape index (κ1) is 11.4. The summed E-state index contributed by atoms with van der Waals surface area (Å²) in [4.78, 5) is 12.2. The first-order valence-electron chi connectivity index (χ1n) is 5.28. The molecule has 0 spiro atoms. The van der Waals surface area contributed by atoms with E-state index in [-0.39, 0.29) is 5.97 Å². The second-order valence-corrected chi connectivity index (χ2v) is 5.75. The lowest BCUT2D eigenvalue weighted by Crippen LogP contribution is -1.96. The molecule has 92 valence electrons. The molecule has 3 aromatic rings. The van der Waals surface area contributed by atoms with Gasteiger partial charge in [-0.05, 0) is 12.1 Å². The molecule has 3 aromatic heterocycles. The van der Waals surface area contributed by atoms with E-state index >= 15 is 0 Å². The first-order chi connectivity index (χ1) is 8.70. The van der Waals surface area contributed by atoms with Crippen LogP contribution in [0.4, 0.5) is 0 Å². The summed E-state index contributed by atoms with van der Waals surface area (Å²) in [5, 5.41) is 6.27. The lowest BCUT2D eigenvalue weighted by Gasteiger charge is -1.98. The maximum Gasteiger partial charge on any atom is 0.348 e. The van der Waals surface area contributed by atoms with Crippen molar-refractivity contribution >= 4 is 38.0 Å². The molecule has 0 fully saturated rings. The minimum Gasteiger partial charge on any atom is -0.465 e. The molecule has 3 rings (SSSR count). The number of aryl methyl sites for hydroxylation is 1. The van der Waals surface area contributed by atoms with Gasteiger partial charge in [0.2, 0.25) is 0 Å². The number of carbonyl (C=O) groups is 1. The molecule has 3 heterocycles. The highest BCUT2D eigenvalue weighted by atomic mass is 32.1. The van der Waals surface area contributed by atoms with Crippen molar-refractivity contribution in [1.29, 1.82) is 0 Å². The molecule has 0 unspecified atom stereocenters. The van der Waals surface area contributed by atoms with Gasteiger partial charge in [-0.1, -0.05) is 0 Å². The fourth-order valence-electron chi connectivity index (χ4n) is 1.84. The van der Waals surface area contributed by atoms with Crippen molar-refractivity contribution in [2.45, 2.75) is 0 Å². The lowest BCUT2D eigenvalue weighted by molar-refractivity contribution is 0.0606. The van der Waals surface area contributed by atoms with Crippen LogP contribution in [0.25, 0.3) is 20.7 Å². The molecule has 4 nitrogen and oxygen atoms in total. The van der Waals surface area contributed by atoms with E-state index in [9.17, 15) is 4.79 Å². The molecular weight excluding hydrogens is 268 g/mol. The van der Waals surface area contributed by atoms with Gasteiger partial charge in [-0.2, -0.15) is 5.10 Å². The van der Waals surface area contributed by atoms with Crippen LogP contribution in [0.2, 0.25) is 0 Å². The topological polar surface area (TPSA) is 44.1 Å². The molecule has 6 heteroatoms. The maximum absolute atomic E-state index is 11.5. The van der Waals surface area contributed by atoms with Gasteiger partial charge in [0, 0.05) is 28.9 Å². The largest absolute Gasteiger partial charge is 0.465 e. The Bertz CT molecular complexity index is 723. The zero-order chi connectivity index (χ0) is 12.7. The average molecular weight is 278 g/mol. The van der Waals surface area contributed by atoms with Crippen molar-refractivity contribution in [2.75, 3.05) is 7.11 Å². The highest BCUT2D eigenvalue weighted by Gasteiger charge is 2.16. The van der Waals surface area contributed by atoms with Crippen molar-refractivity contribution in [3.8, 4) is 11.3 Å². The number of hydrogen-bond acceptors (Lipinski definition) is 5. The minimum absolute atomic E-state index is 0.278. The third kappa shape index (κ3) is 1.65. The van der Waals surface area contributed by atoms with Gasteiger partial charge < -0.3 is 4.74 Å². The Hall–Kier alpha value is -1.66. The van der Waals surface area contributed by atoms with Gasteiger partial charge in [0.1, 0.15) is 4.88 Å². The first-order valence-corrected chi connectivity index (χ1v) is 6.98. The molecule has 0 N–H and O–H groups in total. The standard InChI is InChI=1S/C12H10N2O2S2/c1-14-8(3-4-13-14)7-6-17-9-5-10(12(15)16-2)18-11(7)9/h3-6H,1-2H3. The molecular formula is C12H10N2O2S2. The Balaban J connectivity index is 2.17. The summed E-state index contributed by atoms with van der Waals surface area (Å²) >= 11 is 3.10. The Morgan fingerprint density at radius 2 is 2.33 bits per heavy atom.